The zero-order chi connectivity index (χ0) is 20.4. The van der Waals surface area contributed by atoms with Crippen molar-refractivity contribution in [1.82, 2.24) is 19.5 Å². The maximum atomic E-state index is 12.9. The predicted octanol–water partition coefficient (Wildman–Crippen LogP) is 3.62. The van der Waals surface area contributed by atoms with Crippen LogP contribution in [0.5, 0.6) is 0 Å². The Balaban J connectivity index is 1.49. The van der Waals surface area contributed by atoms with Crippen LogP contribution in [0.3, 0.4) is 0 Å². The molecule has 1 aromatic carbocycles. The molecular weight excluding hydrogens is 364 g/mol. The van der Waals surface area contributed by atoms with E-state index in [0.717, 1.165) is 24.1 Å². The summed E-state index contributed by atoms with van der Waals surface area (Å²) in [6, 6.07) is 8.30. The molecule has 1 saturated carbocycles. The molecule has 3 aromatic rings. The van der Waals surface area contributed by atoms with Gasteiger partial charge in [0.15, 0.2) is 0 Å². The molecular formula is C23H28N4O2. The van der Waals surface area contributed by atoms with Crippen LogP contribution in [0.1, 0.15) is 49.7 Å². The summed E-state index contributed by atoms with van der Waals surface area (Å²) in [5.41, 5.74) is 4.59. The zero-order valence-corrected chi connectivity index (χ0v) is 17.1. The van der Waals surface area contributed by atoms with Gasteiger partial charge in [0.2, 0.25) is 5.91 Å². The van der Waals surface area contributed by atoms with Gasteiger partial charge in [-0.15, -0.1) is 0 Å². The molecule has 0 bridgehead atoms. The van der Waals surface area contributed by atoms with E-state index >= 15 is 0 Å². The van der Waals surface area contributed by atoms with E-state index in [1.54, 1.807) is 21.5 Å². The minimum atomic E-state index is -0.124. The second-order valence-corrected chi connectivity index (χ2v) is 8.11. The van der Waals surface area contributed by atoms with E-state index in [4.69, 9.17) is 0 Å². The summed E-state index contributed by atoms with van der Waals surface area (Å²) < 4.78 is 3.22. The first-order valence-electron chi connectivity index (χ1n) is 10.5. The Morgan fingerprint density at radius 2 is 1.90 bits per heavy atom. The normalized spacial score (nSPS) is 15.0. The van der Waals surface area contributed by atoms with E-state index in [9.17, 15) is 9.59 Å². The molecule has 0 atom stereocenters. The van der Waals surface area contributed by atoms with Gasteiger partial charge < -0.3 is 9.88 Å². The van der Waals surface area contributed by atoms with Crippen molar-refractivity contribution in [1.29, 1.82) is 0 Å². The fourth-order valence-corrected chi connectivity index (χ4v) is 4.01. The van der Waals surface area contributed by atoms with Crippen LogP contribution in [0, 0.1) is 13.8 Å². The van der Waals surface area contributed by atoms with E-state index in [1.807, 2.05) is 12.1 Å². The number of nitrogens with zero attached hydrogens (tertiary/aromatic N) is 3. The molecule has 1 amide bonds. The lowest BCUT2D eigenvalue weighted by Gasteiger charge is -2.22. The lowest BCUT2D eigenvalue weighted by Crippen LogP contribution is -2.37. The van der Waals surface area contributed by atoms with E-state index in [2.05, 4.69) is 36.4 Å². The summed E-state index contributed by atoms with van der Waals surface area (Å²) in [5, 5.41) is 7.66. The van der Waals surface area contributed by atoms with Crippen molar-refractivity contribution in [2.24, 2.45) is 0 Å². The Hall–Kier alpha value is -2.89. The van der Waals surface area contributed by atoms with Crippen molar-refractivity contribution in [2.45, 2.75) is 65.0 Å². The van der Waals surface area contributed by atoms with Gasteiger partial charge in [-0.1, -0.05) is 31.4 Å². The van der Waals surface area contributed by atoms with Crippen molar-refractivity contribution in [3.63, 3.8) is 0 Å². The number of carbonyl (C=O) groups excluding carboxylic acids is 1. The predicted molar refractivity (Wildman–Crippen MR) is 114 cm³/mol. The molecule has 29 heavy (non-hydrogen) atoms. The Morgan fingerprint density at radius 3 is 2.66 bits per heavy atom. The summed E-state index contributed by atoms with van der Waals surface area (Å²) in [6.07, 6.45) is 9.56. The maximum Gasteiger partial charge on any atom is 0.276 e. The smallest absolute Gasteiger partial charge is 0.276 e. The monoisotopic (exact) mass is 392 g/mol. The Bertz CT molecular complexity index is 1090. The quantitative estimate of drug-likeness (QED) is 0.721. The van der Waals surface area contributed by atoms with Gasteiger partial charge in [-0.25, -0.2) is 4.52 Å². The topological polar surface area (TPSA) is 68.4 Å². The van der Waals surface area contributed by atoms with Crippen molar-refractivity contribution in [3.8, 4) is 11.3 Å². The molecule has 2 aromatic heterocycles. The van der Waals surface area contributed by atoms with Crippen LogP contribution >= 0.6 is 0 Å². The number of fused-ring (bicyclic) bond motifs is 1. The van der Waals surface area contributed by atoms with Crippen LogP contribution in [0.25, 0.3) is 16.8 Å². The van der Waals surface area contributed by atoms with Gasteiger partial charge in [-0.05, 0) is 49.9 Å². The molecule has 6 heteroatoms. The minimum absolute atomic E-state index is 0.0213. The molecule has 1 aliphatic carbocycles. The number of hydrogen-bond donors (Lipinski definition) is 1. The molecule has 6 nitrogen and oxygen atoms in total. The van der Waals surface area contributed by atoms with Crippen molar-refractivity contribution in [3.05, 3.63) is 58.1 Å². The van der Waals surface area contributed by atoms with E-state index in [1.165, 1.54) is 30.4 Å². The molecule has 0 spiro atoms. The summed E-state index contributed by atoms with van der Waals surface area (Å²) in [6.45, 7) is 4.52. The van der Waals surface area contributed by atoms with E-state index in [-0.39, 0.29) is 11.5 Å². The van der Waals surface area contributed by atoms with Crippen molar-refractivity contribution >= 4 is 11.4 Å². The largest absolute Gasteiger partial charge is 0.353 e. The first-order valence-corrected chi connectivity index (χ1v) is 10.5. The van der Waals surface area contributed by atoms with Crippen LogP contribution in [-0.2, 0) is 11.3 Å². The summed E-state index contributed by atoms with van der Waals surface area (Å²) >= 11 is 0. The van der Waals surface area contributed by atoms with E-state index in [0.29, 0.717) is 24.5 Å². The first kappa shape index (κ1) is 19.4. The third-order valence-corrected chi connectivity index (χ3v) is 5.96. The number of benzene rings is 1. The van der Waals surface area contributed by atoms with Gasteiger partial charge in [0, 0.05) is 37.0 Å². The van der Waals surface area contributed by atoms with Gasteiger partial charge >= 0.3 is 0 Å². The van der Waals surface area contributed by atoms with Crippen LogP contribution in [0.15, 0.2) is 41.5 Å². The third kappa shape index (κ3) is 4.26. The highest BCUT2D eigenvalue weighted by Crippen LogP contribution is 2.21. The van der Waals surface area contributed by atoms with Crippen LogP contribution in [-0.4, -0.2) is 26.1 Å². The standard InChI is InChI=1S/C23H28N4O2/c1-16-8-9-18(14-17(16)2)20-15-21-23(29)26(12-13-27(21)25-20)11-10-22(28)24-19-6-4-3-5-7-19/h8-9,12-15,19H,3-7,10-11H2,1-2H3,(H,24,28). The Kier molecular flexibility index (Phi) is 5.51. The maximum absolute atomic E-state index is 12.9. The number of aromatic nitrogens is 3. The molecule has 2 heterocycles. The molecule has 0 saturated heterocycles. The van der Waals surface area contributed by atoms with Gasteiger partial charge in [-0.2, -0.15) is 5.10 Å². The van der Waals surface area contributed by atoms with Crippen LogP contribution in [0.2, 0.25) is 0 Å². The average Bonchev–Trinajstić information content (AvgIpc) is 3.15. The third-order valence-electron chi connectivity index (χ3n) is 5.96. The molecule has 4 rings (SSSR count). The fourth-order valence-electron chi connectivity index (χ4n) is 4.01. The molecule has 0 radical (unpaired) electrons. The summed E-state index contributed by atoms with van der Waals surface area (Å²) in [4.78, 5) is 25.1. The summed E-state index contributed by atoms with van der Waals surface area (Å²) in [5.74, 6) is 0.0213. The molecule has 1 N–H and O–H groups in total. The Labute approximate surface area is 170 Å². The number of amides is 1. The number of hydrogen-bond acceptors (Lipinski definition) is 3. The van der Waals surface area contributed by atoms with Gasteiger partial charge in [0.1, 0.15) is 5.52 Å². The number of nitrogens with one attached hydrogen (secondary N) is 1. The zero-order valence-electron chi connectivity index (χ0n) is 17.1. The summed E-state index contributed by atoms with van der Waals surface area (Å²) in [7, 11) is 0. The van der Waals surface area contributed by atoms with Crippen molar-refractivity contribution < 1.29 is 4.79 Å². The molecule has 1 aliphatic rings. The Morgan fingerprint density at radius 1 is 1.10 bits per heavy atom. The molecule has 0 unspecified atom stereocenters. The molecule has 152 valence electrons. The highest BCUT2D eigenvalue weighted by atomic mass is 16.2. The van der Waals surface area contributed by atoms with Gasteiger partial charge in [-0.3, -0.25) is 9.59 Å². The highest BCUT2D eigenvalue weighted by molar-refractivity contribution is 5.76. The second kappa shape index (κ2) is 8.23. The average molecular weight is 393 g/mol. The lowest BCUT2D eigenvalue weighted by atomic mass is 9.95. The molecule has 1 fully saturated rings. The lowest BCUT2D eigenvalue weighted by molar-refractivity contribution is -0.122. The SMILES string of the molecule is Cc1ccc(-c2cc3c(=O)n(CCC(=O)NC4CCCCC4)ccn3n2)cc1C. The van der Waals surface area contributed by atoms with Crippen LogP contribution in [0.4, 0.5) is 0 Å². The van der Waals surface area contributed by atoms with Gasteiger partial charge in [0.25, 0.3) is 5.56 Å². The number of rotatable bonds is 5. The first-order chi connectivity index (χ1) is 14.0. The van der Waals surface area contributed by atoms with Crippen molar-refractivity contribution in [2.75, 3.05) is 0 Å². The number of aryl methyl sites for hydroxylation is 3. The second-order valence-electron chi connectivity index (χ2n) is 8.11. The van der Waals surface area contributed by atoms with Crippen LogP contribution < -0.4 is 10.9 Å². The van der Waals surface area contributed by atoms with Gasteiger partial charge in [0.05, 0.1) is 5.69 Å². The minimum Gasteiger partial charge on any atom is -0.353 e. The highest BCUT2D eigenvalue weighted by Gasteiger charge is 2.16. The fraction of sp³-hybridized carbons (Fsp3) is 0.435. The molecule has 0 aliphatic heterocycles. The number of carbonyl (C=O) groups is 1. The van der Waals surface area contributed by atoms with E-state index < -0.39 is 0 Å².